The van der Waals surface area contributed by atoms with Crippen LogP contribution in [0.3, 0.4) is 0 Å². The second-order valence-corrected chi connectivity index (χ2v) is 11.3. The van der Waals surface area contributed by atoms with Crippen LogP contribution in [-0.4, -0.2) is 52.7 Å². The zero-order valence-electron chi connectivity index (χ0n) is 24.1. The molecule has 234 valence electrons. The van der Waals surface area contributed by atoms with Crippen molar-refractivity contribution < 1.29 is 27.6 Å². The number of alkyl halides is 2. The van der Waals surface area contributed by atoms with Crippen LogP contribution in [0.15, 0.2) is 54.7 Å². The molecule has 2 heterocycles. The first-order valence-corrected chi connectivity index (χ1v) is 14.7. The first-order valence-electron chi connectivity index (χ1n) is 14.3. The van der Waals surface area contributed by atoms with E-state index in [1.807, 2.05) is 6.07 Å². The number of carbonyl (C=O) groups excluding carboxylic acids is 3. The summed E-state index contributed by atoms with van der Waals surface area (Å²) < 4.78 is 42.8. The minimum absolute atomic E-state index is 0.0110. The van der Waals surface area contributed by atoms with Crippen molar-refractivity contribution in [3.63, 3.8) is 0 Å². The van der Waals surface area contributed by atoms with Crippen LogP contribution >= 0.6 is 11.6 Å². The lowest BCUT2D eigenvalue weighted by atomic mass is 9.91. The predicted molar refractivity (Wildman–Crippen MR) is 160 cm³/mol. The van der Waals surface area contributed by atoms with E-state index >= 15 is 4.39 Å². The van der Waals surface area contributed by atoms with Crippen LogP contribution in [0, 0.1) is 17.1 Å². The predicted octanol–water partition coefficient (Wildman–Crippen LogP) is 5.15. The number of halogens is 4. The van der Waals surface area contributed by atoms with E-state index in [0.717, 1.165) is 15.9 Å². The van der Waals surface area contributed by atoms with Gasteiger partial charge in [-0.15, -0.1) is 0 Å². The quantitative estimate of drug-likeness (QED) is 0.349. The third-order valence-corrected chi connectivity index (χ3v) is 8.27. The van der Waals surface area contributed by atoms with Gasteiger partial charge < -0.3 is 10.6 Å². The monoisotopic (exact) mass is 639 g/mol. The Kier molecular flexibility index (Phi) is 9.24. The molecule has 2 aliphatic rings. The van der Waals surface area contributed by atoms with Gasteiger partial charge in [0.15, 0.2) is 0 Å². The van der Waals surface area contributed by atoms with Crippen LogP contribution in [0.2, 0.25) is 5.02 Å². The Morgan fingerprint density at radius 2 is 1.89 bits per heavy atom. The van der Waals surface area contributed by atoms with Gasteiger partial charge in [0.2, 0.25) is 23.7 Å². The number of hydrogen-bond acceptors (Lipinski definition) is 7. The van der Waals surface area contributed by atoms with Gasteiger partial charge in [-0.3, -0.25) is 24.2 Å². The number of nitriles is 1. The van der Waals surface area contributed by atoms with Gasteiger partial charge in [0.05, 0.1) is 0 Å². The lowest BCUT2D eigenvalue weighted by Crippen LogP contribution is -2.53. The van der Waals surface area contributed by atoms with E-state index in [4.69, 9.17) is 11.6 Å². The fraction of sp³-hybridized carbons (Fsp3) is 0.355. The zero-order valence-corrected chi connectivity index (χ0v) is 24.9. The van der Waals surface area contributed by atoms with Crippen molar-refractivity contribution in [3.05, 3.63) is 76.8 Å². The standard InChI is InChI=1S/C31H29ClF3N7O3/c1-37-21-14-18(33)15-22(16-21)41(29(45)25-6-7-26(43)42(25)30-38-13-10-20(17-36)40-30)27(23-4-2-3-5-24(23)32)28(44)39-19-8-11-31(34,35)12-9-19/h2-5,10,13-16,19,25,27,37H,6-9,11-12H2,1H3,(H,39,44)/t25-,27-/m0/s1. The topological polar surface area (TPSA) is 131 Å². The lowest BCUT2D eigenvalue weighted by Gasteiger charge is -2.37. The maximum atomic E-state index is 15.0. The number of nitrogens with zero attached hydrogens (tertiary/aromatic N) is 5. The highest BCUT2D eigenvalue weighted by Gasteiger charge is 2.45. The second-order valence-electron chi connectivity index (χ2n) is 10.9. The Bertz CT molecular complexity index is 1660. The molecule has 10 nitrogen and oxygen atoms in total. The molecule has 45 heavy (non-hydrogen) atoms. The minimum atomic E-state index is -2.83. The van der Waals surface area contributed by atoms with Crippen LogP contribution < -0.4 is 20.4 Å². The van der Waals surface area contributed by atoms with Crippen LogP contribution in [0.25, 0.3) is 0 Å². The Labute approximate surface area is 262 Å². The molecule has 1 aliphatic heterocycles. The maximum absolute atomic E-state index is 15.0. The summed E-state index contributed by atoms with van der Waals surface area (Å²) >= 11 is 6.59. The average molecular weight is 640 g/mol. The molecule has 0 spiro atoms. The minimum Gasteiger partial charge on any atom is -0.388 e. The van der Waals surface area contributed by atoms with Gasteiger partial charge in [0.1, 0.15) is 29.7 Å². The summed E-state index contributed by atoms with van der Waals surface area (Å²) in [6.07, 6.45) is 0.449. The molecule has 1 saturated heterocycles. The highest BCUT2D eigenvalue weighted by molar-refractivity contribution is 6.31. The van der Waals surface area contributed by atoms with E-state index in [-0.39, 0.29) is 53.6 Å². The first-order chi connectivity index (χ1) is 21.5. The van der Waals surface area contributed by atoms with Crippen LogP contribution in [-0.2, 0) is 14.4 Å². The van der Waals surface area contributed by atoms with Crippen molar-refractivity contribution in [1.82, 2.24) is 15.3 Å². The molecule has 1 aliphatic carbocycles. The van der Waals surface area contributed by atoms with Crippen LogP contribution in [0.1, 0.15) is 55.8 Å². The molecule has 1 aromatic heterocycles. The molecule has 0 radical (unpaired) electrons. The number of hydrogen-bond donors (Lipinski definition) is 2. The van der Waals surface area contributed by atoms with E-state index in [1.165, 1.54) is 36.5 Å². The summed E-state index contributed by atoms with van der Waals surface area (Å²) in [5.41, 5.74) is 0.434. The van der Waals surface area contributed by atoms with Crippen molar-refractivity contribution in [1.29, 1.82) is 5.26 Å². The third-order valence-electron chi connectivity index (χ3n) is 7.93. The SMILES string of the molecule is CNc1cc(F)cc(N(C(=O)[C@@H]2CCC(=O)N2c2nccc(C#N)n2)[C@H](C(=O)NC2CCC(F)(F)CC2)c2ccccc2Cl)c1. The van der Waals surface area contributed by atoms with Gasteiger partial charge in [-0.25, -0.2) is 23.1 Å². The molecule has 0 unspecified atom stereocenters. The molecule has 5 rings (SSSR count). The van der Waals surface area contributed by atoms with E-state index in [9.17, 15) is 28.4 Å². The lowest BCUT2D eigenvalue weighted by molar-refractivity contribution is -0.128. The molecular formula is C31H29ClF3N7O3. The Morgan fingerprint density at radius 1 is 1.16 bits per heavy atom. The smallest absolute Gasteiger partial charge is 0.251 e. The van der Waals surface area contributed by atoms with Crippen molar-refractivity contribution >= 4 is 46.6 Å². The van der Waals surface area contributed by atoms with E-state index < -0.39 is 60.4 Å². The largest absolute Gasteiger partial charge is 0.388 e. The number of benzene rings is 2. The van der Waals surface area contributed by atoms with Crippen molar-refractivity contribution in [2.24, 2.45) is 0 Å². The molecule has 0 bridgehead atoms. The summed E-state index contributed by atoms with van der Waals surface area (Å²) in [4.78, 5) is 52.3. The Morgan fingerprint density at radius 3 is 2.58 bits per heavy atom. The fourth-order valence-corrected chi connectivity index (χ4v) is 5.91. The summed E-state index contributed by atoms with van der Waals surface area (Å²) in [5.74, 6) is -5.70. The van der Waals surface area contributed by atoms with Gasteiger partial charge in [-0.2, -0.15) is 5.26 Å². The summed E-state index contributed by atoms with van der Waals surface area (Å²) in [6, 6.07) is 9.93. The number of nitrogens with one attached hydrogen (secondary N) is 2. The zero-order chi connectivity index (χ0) is 32.3. The number of rotatable bonds is 8. The number of anilines is 3. The normalized spacial score (nSPS) is 18.6. The molecular weight excluding hydrogens is 611 g/mol. The van der Waals surface area contributed by atoms with Gasteiger partial charge in [-0.05, 0) is 49.6 Å². The summed E-state index contributed by atoms with van der Waals surface area (Å²) in [7, 11) is 1.55. The van der Waals surface area contributed by atoms with E-state index in [2.05, 4.69) is 20.6 Å². The Balaban J connectivity index is 1.63. The highest BCUT2D eigenvalue weighted by atomic mass is 35.5. The van der Waals surface area contributed by atoms with Crippen molar-refractivity contribution in [2.75, 3.05) is 22.2 Å². The van der Waals surface area contributed by atoms with Gasteiger partial charge in [0, 0.05) is 60.5 Å². The molecule has 1 saturated carbocycles. The number of amides is 3. The van der Waals surface area contributed by atoms with Crippen LogP contribution in [0.5, 0.6) is 0 Å². The maximum Gasteiger partial charge on any atom is 0.251 e. The summed E-state index contributed by atoms with van der Waals surface area (Å²) in [6.45, 7) is 0. The molecule has 14 heteroatoms. The van der Waals surface area contributed by atoms with Gasteiger partial charge in [-0.1, -0.05) is 29.8 Å². The first kappa shape index (κ1) is 31.7. The molecule has 2 aromatic carbocycles. The van der Waals surface area contributed by atoms with Crippen molar-refractivity contribution in [2.45, 2.75) is 62.6 Å². The molecule has 2 N–H and O–H groups in total. The molecule has 2 fully saturated rings. The number of aromatic nitrogens is 2. The summed E-state index contributed by atoms with van der Waals surface area (Å²) in [5, 5.41) is 15.1. The fourth-order valence-electron chi connectivity index (χ4n) is 5.68. The molecule has 3 aromatic rings. The molecule has 3 amide bonds. The van der Waals surface area contributed by atoms with Crippen LogP contribution in [0.4, 0.5) is 30.5 Å². The Hall–Kier alpha value is -4.70. The number of carbonyl (C=O) groups is 3. The third kappa shape index (κ3) is 6.86. The molecule has 2 atom stereocenters. The van der Waals surface area contributed by atoms with Gasteiger partial charge >= 0.3 is 0 Å². The van der Waals surface area contributed by atoms with E-state index in [1.54, 1.807) is 19.2 Å². The second kappa shape index (κ2) is 13.1. The highest BCUT2D eigenvalue weighted by Crippen LogP contribution is 2.38. The average Bonchev–Trinajstić information content (AvgIpc) is 3.41. The van der Waals surface area contributed by atoms with E-state index in [0.29, 0.717) is 5.69 Å². The van der Waals surface area contributed by atoms with Crippen molar-refractivity contribution in [3.8, 4) is 6.07 Å². The van der Waals surface area contributed by atoms with Gasteiger partial charge in [0.25, 0.3) is 5.91 Å².